The maximum Gasteiger partial charge on any atom is 0.308 e. The smallest absolute Gasteiger partial charge is 0.308 e. The van der Waals surface area contributed by atoms with Gasteiger partial charge in [-0.3, -0.25) is 14.4 Å². The molecule has 7 heteroatoms. The number of benzene rings is 1. The number of carboxylic acid groups (broad SMARTS) is 1. The summed E-state index contributed by atoms with van der Waals surface area (Å²) in [6.45, 7) is 7.92. The van der Waals surface area contributed by atoms with Crippen molar-refractivity contribution >= 4 is 29.5 Å². The molecule has 2 N–H and O–H groups in total. The summed E-state index contributed by atoms with van der Waals surface area (Å²) in [7, 11) is 0. The van der Waals surface area contributed by atoms with E-state index in [4.69, 9.17) is 5.11 Å². The van der Waals surface area contributed by atoms with Gasteiger partial charge in [-0.25, -0.2) is 0 Å². The second-order valence-corrected chi connectivity index (χ2v) is 8.60. The lowest BCUT2D eigenvalue weighted by Gasteiger charge is -2.24. The van der Waals surface area contributed by atoms with Crippen LogP contribution in [0, 0.1) is 5.92 Å². The minimum absolute atomic E-state index is 0.00826. The van der Waals surface area contributed by atoms with Gasteiger partial charge < -0.3 is 15.3 Å². The third-order valence-corrected chi connectivity index (χ3v) is 5.46. The monoisotopic (exact) mass is 378 g/mol. The van der Waals surface area contributed by atoms with Gasteiger partial charge in [-0.15, -0.1) is 11.8 Å². The zero-order valence-corrected chi connectivity index (χ0v) is 16.4. The molecule has 1 aliphatic rings. The summed E-state index contributed by atoms with van der Waals surface area (Å²) in [5, 5.41) is 11.6. The Morgan fingerprint density at radius 3 is 2.42 bits per heavy atom. The molecule has 6 nitrogen and oxygen atoms in total. The number of carbonyl (C=O) groups is 3. The number of nitrogens with zero attached hydrogens (tertiary/aromatic N) is 1. The Morgan fingerprint density at radius 2 is 1.88 bits per heavy atom. The van der Waals surface area contributed by atoms with E-state index in [1.807, 2.05) is 12.1 Å². The molecule has 0 aliphatic carbocycles. The van der Waals surface area contributed by atoms with E-state index in [9.17, 15) is 14.4 Å². The van der Waals surface area contributed by atoms with Gasteiger partial charge in [0, 0.05) is 17.9 Å². The Labute approximate surface area is 158 Å². The minimum Gasteiger partial charge on any atom is -0.481 e. The second-order valence-electron chi connectivity index (χ2n) is 7.60. The first kappa shape index (κ1) is 20.3. The summed E-state index contributed by atoms with van der Waals surface area (Å²) in [6.07, 6.45) is 0. The summed E-state index contributed by atoms with van der Waals surface area (Å²) >= 11 is 1.52. The van der Waals surface area contributed by atoms with E-state index in [2.05, 4.69) is 26.1 Å². The highest BCUT2D eigenvalue weighted by Gasteiger charge is 2.35. The predicted octanol–water partition coefficient (Wildman–Crippen LogP) is 2.34. The molecule has 1 aromatic carbocycles. The second kappa shape index (κ2) is 8.12. The fraction of sp³-hybridized carbons (Fsp3) is 0.526. The van der Waals surface area contributed by atoms with Crippen LogP contribution in [0.4, 0.5) is 0 Å². The molecular weight excluding hydrogens is 352 g/mol. The predicted molar refractivity (Wildman–Crippen MR) is 102 cm³/mol. The number of carboxylic acids is 1. The number of carbonyl (C=O) groups excluding carboxylic acids is 2. The Balaban J connectivity index is 2.05. The molecule has 26 heavy (non-hydrogen) atoms. The van der Waals surface area contributed by atoms with Crippen LogP contribution in [0.3, 0.4) is 0 Å². The highest BCUT2D eigenvalue weighted by Crippen LogP contribution is 2.26. The lowest BCUT2D eigenvalue weighted by Crippen LogP contribution is -2.48. The number of hydrogen-bond donors (Lipinski definition) is 2. The minimum atomic E-state index is -0.960. The first-order valence-electron chi connectivity index (χ1n) is 8.61. The number of amides is 2. The van der Waals surface area contributed by atoms with E-state index in [0.29, 0.717) is 17.2 Å². The summed E-state index contributed by atoms with van der Waals surface area (Å²) < 4.78 is 0. The molecule has 2 amide bonds. The number of thioether (sulfide) groups is 1. The van der Waals surface area contributed by atoms with Crippen molar-refractivity contribution in [2.24, 2.45) is 5.92 Å². The Bertz CT molecular complexity index is 682. The molecule has 2 rings (SSSR count). The van der Waals surface area contributed by atoms with Gasteiger partial charge >= 0.3 is 5.97 Å². The molecule has 2 atom stereocenters. The summed E-state index contributed by atoms with van der Waals surface area (Å²) in [5.74, 6) is -1.14. The quantitative estimate of drug-likeness (QED) is 0.821. The summed E-state index contributed by atoms with van der Waals surface area (Å²) in [4.78, 5) is 37.6. The third kappa shape index (κ3) is 4.78. The van der Waals surface area contributed by atoms with E-state index < -0.39 is 17.9 Å². The third-order valence-electron chi connectivity index (χ3n) is 4.45. The fourth-order valence-corrected chi connectivity index (χ4v) is 3.75. The number of rotatable bonds is 5. The van der Waals surface area contributed by atoms with Gasteiger partial charge in [0.2, 0.25) is 5.91 Å². The molecule has 1 saturated heterocycles. The van der Waals surface area contributed by atoms with Crippen LogP contribution in [0.2, 0.25) is 0 Å². The van der Waals surface area contributed by atoms with Crippen LogP contribution >= 0.6 is 11.8 Å². The molecule has 0 saturated carbocycles. The van der Waals surface area contributed by atoms with Crippen LogP contribution in [-0.4, -0.2) is 52.0 Å². The van der Waals surface area contributed by atoms with Gasteiger partial charge in [-0.05, 0) is 23.1 Å². The molecule has 142 valence electrons. The van der Waals surface area contributed by atoms with E-state index in [0.717, 1.165) is 5.56 Å². The van der Waals surface area contributed by atoms with Crippen molar-refractivity contribution in [1.29, 1.82) is 0 Å². The van der Waals surface area contributed by atoms with Crippen LogP contribution in [0.15, 0.2) is 24.3 Å². The standard InChI is InChI=1S/C19H26N2O4S/c1-12(18(24)25)9-20-16(22)15-10-26-11-21(15)17(23)13-5-7-14(8-6-13)19(2,3)4/h5-8,12,15H,9-11H2,1-4H3,(H,20,22)(H,24,25). The number of hydrogen-bond acceptors (Lipinski definition) is 4. The average molecular weight is 378 g/mol. The van der Waals surface area contributed by atoms with Crippen molar-refractivity contribution in [3.8, 4) is 0 Å². The summed E-state index contributed by atoms with van der Waals surface area (Å²) in [5.41, 5.74) is 1.70. The van der Waals surface area contributed by atoms with Crippen LogP contribution in [0.25, 0.3) is 0 Å². The molecule has 0 radical (unpaired) electrons. The summed E-state index contributed by atoms with van der Waals surface area (Å²) in [6, 6.07) is 6.91. The fourth-order valence-electron chi connectivity index (χ4n) is 2.60. The van der Waals surface area contributed by atoms with Gasteiger partial charge in [-0.1, -0.05) is 39.8 Å². The van der Waals surface area contributed by atoms with E-state index in [1.54, 1.807) is 17.0 Å². The van der Waals surface area contributed by atoms with Gasteiger partial charge in [0.25, 0.3) is 5.91 Å². The van der Waals surface area contributed by atoms with Crippen molar-refractivity contribution in [2.75, 3.05) is 18.2 Å². The van der Waals surface area contributed by atoms with Gasteiger partial charge in [0.1, 0.15) is 6.04 Å². The first-order chi connectivity index (χ1) is 12.1. The van der Waals surface area contributed by atoms with E-state index >= 15 is 0 Å². The van der Waals surface area contributed by atoms with Gasteiger partial charge in [0.05, 0.1) is 11.8 Å². The molecule has 0 aromatic heterocycles. The van der Waals surface area contributed by atoms with Crippen molar-refractivity contribution in [1.82, 2.24) is 10.2 Å². The molecule has 1 aromatic rings. The van der Waals surface area contributed by atoms with Gasteiger partial charge in [-0.2, -0.15) is 0 Å². The number of nitrogens with one attached hydrogen (secondary N) is 1. The average Bonchev–Trinajstić information content (AvgIpc) is 3.07. The van der Waals surface area contributed by atoms with E-state index in [-0.39, 0.29) is 23.8 Å². The normalized spacial score (nSPS) is 18.5. The van der Waals surface area contributed by atoms with Crippen LogP contribution in [0.1, 0.15) is 43.6 Å². The highest BCUT2D eigenvalue weighted by molar-refractivity contribution is 7.99. The van der Waals surface area contributed by atoms with Crippen LogP contribution in [0.5, 0.6) is 0 Å². The molecule has 0 bridgehead atoms. The molecule has 1 heterocycles. The highest BCUT2D eigenvalue weighted by atomic mass is 32.2. The van der Waals surface area contributed by atoms with Crippen molar-refractivity contribution < 1.29 is 19.5 Å². The van der Waals surface area contributed by atoms with Crippen LogP contribution in [-0.2, 0) is 15.0 Å². The first-order valence-corrected chi connectivity index (χ1v) is 9.76. The lowest BCUT2D eigenvalue weighted by atomic mass is 9.86. The Hall–Kier alpha value is -2.02. The zero-order valence-electron chi connectivity index (χ0n) is 15.6. The molecular formula is C19H26N2O4S. The topological polar surface area (TPSA) is 86.7 Å². The number of aliphatic carboxylic acids is 1. The van der Waals surface area contributed by atoms with E-state index in [1.165, 1.54) is 18.7 Å². The van der Waals surface area contributed by atoms with Crippen LogP contribution < -0.4 is 5.32 Å². The SMILES string of the molecule is CC(CNC(=O)C1CSCN1C(=O)c1ccc(C(C)(C)C)cc1)C(=O)O. The van der Waals surface area contributed by atoms with Crippen molar-refractivity contribution in [3.05, 3.63) is 35.4 Å². The van der Waals surface area contributed by atoms with Crippen molar-refractivity contribution in [2.45, 2.75) is 39.2 Å². The lowest BCUT2D eigenvalue weighted by molar-refractivity contribution is -0.141. The molecule has 1 fully saturated rings. The van der Waals surface area contributed by atoms with Gasteiger partial charge in [0.15, 0.2) is 0 Å². The maximum atomic E-state index is 12.8. The van der Waals surface area contributed by atoms with Crippen molar-refractivity contribution in [3.63, 3.8) is 0 Å². The molecule has 0 spiro atoms. The zero-order chi connectivity index (χ0) is 19.5. The molecule has 1 aliphatic heterocycles. The largest absolute Gasteiger partial charge is 0.481 e. The Morgan fingerprint density at radius 1 is 1.27 bits per heavy atom. The Kier molecular flexibility index (Phi) is 6.34. The molecule has 2 unspecified atom stereocenters. The maximum absolute atomic E-state index is 12.8.